The molecule has 0 bridgehead atoms. The maximum absolute atomic E-state index is 11.9. The molecular weight excluding hydrogens is 276 g/mol. The molecule has 1 saturated carbocycles. The molecule has 1 aliphatic carbocycles. The second-order valence-electron chi connectivity index (χ2n) is 5.57. The average Bonchev–Trinajstić information content (AvgIpc) is 3.06. The van der Waals surface area contributed by atoms with Crippen LogP contribution in [0.1, 0.15) is 49.5 Å². The van der Waals surface area contributed by atoms with Crippen LogP contribution in [0.5, 0.6) is 0 Å². The van der Waals surface area contributed by atoms with Crippen molar-refractivity contribution in [3.63, 3.8) is 0 Å². The number of hydrogen-bond acceptors (Lipinski definition) is 5. The van der Waals surface area contributed by atoms with Crippen molar-refractivity contribution in [2.45, 2.75) is 44.4 Å². The van der Waals surface area contributed by atoms with Crippen LogP contribution in [0.25, 0.3) is 0 Å². The molecule has 1 aromatic heterocycles. The minimum absolute atomic E-state index is 0.0832. The normalized spacial score (nSPS) is 24.3. The molecule has 0 aromatic carbocycles. The molecule has 1 unspecified atom stereocenters. The summed E-state index contributed by atoms with van der Waals surface area (Å²) in [7, 11) is 0. The standard InChI is InChI=1S/C13H18N4O2S/c14-11(19)9-6-10(18)17(7-9)13-16-15-12(20-13)8-4-2-1-3-5-8/h8-9H,1-7H2,(H2,14,19). The summed E-state index contributed by atoms with van der Waals surface area (Å²) in [4.78, 5) is 24.7. The average molecular weight is 294 g/mol. The van der Waals surface area contributed by atoms with Crippen LogP contribution < -0.4 is 10.6 Å². The highest BCUT2D eigenvalue weighted by Crippen LogP contribution is 2.37. The van der Waals surface area contributed by atoms with Crippen LogP contribution in [-0.4, -0.2) is 28.6 Å². The fourth-order valence-corrected chi connectivity index (χ4v) is 3.97. The molecular formula is C13H18N4O2S. The Hall–Kier alpha value is -1.50. The van der Waals surface area contributed by atoms with Gasteiger partial charge in [0.2, 0.25) is 16.9 Å². The first-order chi connectivity index (χ1) is 9.65. The Morgan fingerprint density at radius 3 is 2.65 bits per heavy atom. The number of aromatic nitrogens is 2. The van der Waals surface area contributed by atoms with Gasteiger partial charge in [0.15, 0.2) is 0 Å². The summed E-state index contributed by atoms with van der Waals surface area (Å²) in [5.74, 6) is -0.415. The van der Waals surface area contributed by atoms with Crippen molar-refractivity contribution in [3.8, 4) is 0 Å². The number of nitrogens with zero attached hydrogens (tertiary/aromatic N) is 3. The van der Waals surface area contributed by atoms with E-state index in [-0.39, 0.29) is 12.3 Å². The lowest BCUT2D eigenvalue weighted by atomic mass is 9.90. The van der Waals surface area contributed by atoms with E-state index in [1.165, 1.54) is 30.6 Å². The summed E-state index contributed by atoms with van der Waals surface area (Å²) >= 11 is 1.48. The Labute approximate surface area is 121 Å². The molecule has 1 aromatic rings. The van der Waals surface area contributed by atoms with Crippen molar-refractivity contribution in [1.29, 1.82) is 0 Å². The molecule has 108 valence electrons. The molecule has 1 aliphatic heterocycles. The van der Waals surface area contributed by atoms with Gasteiger partial charge < -0.3 is 5.73 Å². The number of nitrogens with two attached hydrogens (primary N) is 1. The van der Waals surface area contributed by atoms with E-state index in [9.17, 15) is 9.59 Å². The van der Waals surface area contributed by atoms with Crippen LogP contribution in [0, 0.1) is 5.92 Å². The molecule has 6 nitrogen and oxygen atoms in total. The van der Waals surface area contributed by atoms with Gasteiger partial charge in [-0.3, -0.25) is 14.5 Å². The molecule has 7 heteroatoms. The van der Waals surface area contributed by atoms with Crippen LogP contribution in [0.15, 0.2) is 0 Å². The maximum atomic E-state index is 11.9. The highest BCUT2D eigenvalue weighted by molar-refractivity contribution is 7.15. The highest BCUT2D eigenvalue weighted by Gasteiger charge is 2.36. The number of anilines is 1. The van der Waals surface area contributed by atoms with E-state index in [0.29, 0.717) is 17.6 Å². The van der Waals surface area contributed by atoms with Gasteiger partial charge in [0, 0.05) is 18.9 Å². The third kappa shape index (κ3) is 2.54. The second kappa shape index (κ2) is 5.47. The predicted octanol–water partition coefficient (Wildman–Crippen LogP) is 1.42. The Kier molecular flexibility index (Phi) is 3.69. The highest BCUT2D eigenvalue weighted by atomic mass is 32.1. The third-order valence-electron chi connectivity index (χ3n) is 4.14. The zero-order valence-corrected chi connectivity index (χ0v) is 12.1. The second-order valence-corrected chi connectivity index (χ2v) is 6.55. The largest absolute Gasteiger partial charge is 0.369 e. The summed E-state index contributed by atoms with van der Waals surface area (Å²) in [6, 6.07) is 0. The molecule has 20 heavy (non-hydrogen) atoms. The van der Waals surface area contributed by atoms with Crippen LogP contribution in [0.3, 0.4) is 0 Å². The lowest BCUT2D eigenvalue weighted by Crippen LogP contribution is -2.28. The number of primary amides is 1. The summed E-state index contributed by atoms with van der Waals surface area (Å²) in [5, 5.41) is 10.0. The topological polar surface area (TPSA) is 89.2 Å². The Morgan fingerprint density at radius 1 is 1.25 bits per heavy atom. The maximum Gasteiger partial charge on any atom is 0.229 e. The van der Waals surface area contributed by atoms with Gasteiger partial charge in [0.1, 0.15) is 5.01 Å². The van der Waals surface area contributed by atoms with Crippen molar-refractivity contribution in [1.82, 2.24) is 10.2 Å². The Morgan fingerprint density at radius 2 is 2.00 bits per heavy atom. The number of hydrogen-bond donors (Lipinski definition) is 1. The van der Waals surface area contributed by atoms with Gasteiger partial charge in [0.25, 0.3) is 0 Å². The van der Waals surface area contributed by atoms with E-state index in [1.54, 1.807) is 4.90 Å². The van der Waals surface area contributed by atoms with Gasteiger partial charge >= 0.3 is 0 Å². The van der Waals surface area contributed by atoms with E-state index in [1.807, 2.05) is 0 Å². The van der Waals surface area contributed by atoms with E-state index in [0.717, 1.165) is 17.8 Å². The molecule has 3 rings (SSSR count). The van der Waals surface area contributed by atoms with Crippen LogP contribution in [0.2, 0.25) is 0 Å². The van der Waals surface area contributed by atoms with Crippen LogP contribution in [0.4, 0.5) is 5.13 Å². The molecule has 2 fully saturated rings. The van der Waals surface area contributed by atoms with E-state index in [4.69, 9.17) is 5.73 Å². The van der Waals surface area contributed by atoms with Gasteiger partial charge in [-0.2, -0.15) is 0 Å². The molecule has 1 atom stereocenters. The molecule has 1 saturated heterocycles. The minimum Gasteiger partial charge on any atom is -0.369 e. The smallest absolute Gasteiger partial charge is 0.229 e. The van der Waals surface area contributed by atoms with E-state index < -0.39 is 11.8 Å². The molecule has 2 N–H and O–H groups in total. The van der Waals surface area contributed by atoms with Gasteiger partial charge in [-0.25, -0.2) is 0 Å². The van der Waals surface area contributed by atoms with Crippen LogP contribution in [-0.2, 0) is 9.59 Å². The summed E-state index contributed by atoms with van der Waals surface area (Å²) < 4.78 is 0. The number of carbonyl (C=O) groups is 2. The number of amides is 2. The zero-order chi connectivity index (χ0) is 14.1. The van der Waals surface area contributed by atoms with Gasteiger partial charge in [-0.1, -0.05) is 30.6 Å². The van der Waals surface area contributed by atoms with Gasteiger partial charge in [0.05, 0.1) is 5.92 Å². The van der Waals surface area contributed by atoms with Gasteiger partial charge in [-0.05, 0) is 12.8 Å². The monoisotopic (exact) mass is 294 g/mol. The molecule has 0 spiro atoms. The van der Waals surface area contributed by atoms with Crippen molar-refractivity contribution in [2.24, 2.45) is 11.7 Å². The quantitative estimate of drug-likeness (QED) is 0.913. The molecule has 0 radical (unpaired) electrons. The zero-order valence-electron chi connectivity index (χ0n) is 11.2. The minimum atomic E-state index is -0.419. The molecule has 2 aliphatic rings. The van der Waals surface area contributed by atoms with Crippen molar-refractivity contribution < 1.29 is 9.59 Å². The molecule has 2 amide bonds. The third-order valence-corrected chi connectivity index (χ3v) is 5.25. The molecule has 2 heterocycles. The first-order valence-electron chi connectivity index (χ1n) is 7.08. The summed E-state index contributed by atoms with van der Waals surface area (Å²) in [5.41, 5.74) is 5.27. The lowest BCUT2D eigenvalue weighted by molar-refractivity contribution is -0.123. The van der Waals surface area contributed by atoms with E-state index >= 15 is 0 Å². The first kappa shape index (κ1) is 13.5. The van der Waals surface area contributed by atoms with Crippen molar-refractivity contribution in [3.05, 3.63) is 5.01 Å². The Balaban J connectivity index is 1.73. The predicted molar refractivity (Wildman–Crippen MR) is 75.4 cm³/mol. The first-order valence-corrected chi connectivity index (χ1v) is 7.90. The fraction of sp³-hybridized carbons (Fsp3) is 0.692. The summed E-state index contributed by atoms with van der Waals surface area (Å²) in [6.45, 7) is 0.341. The van der Waals surface area contributed by atoms with Crippen LogP contribution >= 0.6 is 11.3 Å². The fourth-order valence-electron chi connectivity index (χ4n) is 2.93. The van der Waals surface area contributed by atoms with E-state index in [2.05, 4.69) is 10.2 Å². The van der Waals surface area contributed by atoms with Crippen molar-refractivity contribution >= 4 is 28.3 Å². The number of rotatable bonds is 3. The van der Waals surface area contributed by atoms with Gasteiger partial charge in [-0.15, -0.1) is 10.2 Å². The SMILES string of the molecule is NC(=O)C1CC(=O)N(c2nnc(C3CCCCC3)s2)C1. The summed E-state index contributed by atoms with van der Waals surface area (Å²) in [6.07, 6.45) is 6.29. The lowest BCUT2D eigenvalue weighted by Gasteiger charge is -2.18. The Bertz CT molecular complexity index is 524. The number of carbonyl (C=O) groups excluding carboxylic acids is 2. The van der Waals surface area contributed by atoms with Crippen molar-refractivity contribution in [2.75, 3.05) is 11.4 Å².